The maximum atomic E-state index is 5.81. The number of thioether (sulfide) groups is 1. The first-order chi connectivity index (χ1) is 10.8. The van der Waals surface area contributed by atoms with Crippen LogP contribution in [0.25, 0.3) is 5.69 Å². The summed E-state index contributed by atoms with van der Waals surface area (Å²) < 4.78 is 6.84. The largest absolute Gasteiger partial charge is 0.497 e. The van der Waals surface area contributed by atoms with E-state index in [-0.39, 0.29) is 0 Å². The standard InChI is InChI=1S/C15H15N5OS/c1-21-14-7-5-11(6-8-14)10-22-15-17-18-19-20(15)13-4-2-3-12(16)9-13/h2-9H,10,16H2,1H3. The van der Waals surface area contributed by atoms with Crippen molar-refractivity contribution in [1.29, 1.82) is 0 Å². The Hall–Kier alpha value is -2.54. The summed E-state index contributed by atoms with van der Waals surface area (Å²) in [6.07, 6.45) is 0. The van der Waals surface area contributed by atoms with Gasteiger partial charge in [0.25, 0.3) is 0 Å². The molecule has 0 bridgehead atoms. The second-order valence-electron chi connectivity index (χ2n) is 4.60. The molecule has 0 aliphatic heterocycles. The molecule has 1 heterocycles. The van der Waals surface area contributed by atoms with Gasteiger partial charge in [-0.15, -0.1) is 5.10 Å². The maximum absolute atomic E-state index is 5.81. The number of hydrogen-bond acceptors (Lipinski definition) is 6. The van der Waals surface area contributed by atoms with Crippen molar-refractivity contribution in [1.82, 2.24) is 20.2 Å². The van der Waals surface area contributed by atoms with Crippen molar-refractivity contribution in [2.45, 2.75) is 10.9 Å². The van der Waals surface area contributed by atoms with Crippen LogP contribution in [-0.4, -0.2) is 27.3 Å². The van der Waals surface area contributed by atoms with Gasteiger partial charge in [-0.1, -0.05) is 30.0 Å². The van der Waals surface area contributed by atoms with Gasteiger partial charge in [0.05, 0.1) is 12.8 Å². The Balaban J connectivity index is 1.75. The predicted molar refractivity (Wildman–Crippen MR) is 86.1 cm³/mol. The van der Waals surface area contributed by atoms with Crippen molar-refractivity contribution in [3.05, 3.63) is 54.1 Å². The number of benzene rings is 2. The Labute approximate surface area is 132 Å². The fourth-order valence-corrected chi connectivity index (χ4v) is 2.80. The highest BCUT2D eigenvalue weighted by atomic mass is 32.2. The minimum absolute atomic E-state index is 0.680. The summed E-state index contributed by atoms with van der Waals surface area (Å²) in [6, 6.07) is 15.4. The summed E-state index contributed by atoms with van der Waals surface area (Å²) in [5, 5.41) is 12.6. The summed E-state index contributed by atoms with van der Waals surface area (Å²) in [5.41, 5.74) is 8.51. The first kappa shape index (κ1) is 14.4. The first-order valence-corrected chi connectivity index (χ1v) is 7.65. The van der Waals surface area contributed by atoms with E-state index in [1.807, 2.05) is 48.5 Å². The number of nitrogens with zero attached hydrogens (tertiary/aromatic N) is 4. The lowest BCUT2D eigenvalue weighted by molar-refractivity contribution is 0.414. The molecular formula is C15H15N5OS. The van der Waals surface area contributed by atoms with Crippen molar-refractivity contribution in [3.8, 4) is 11.4 Å². The molecule has 0 atom stereocenters. The molecule has 0 radical (unpaired) electrons. The Bertz CT molecular complexity index is 757. The monoisotopic (exact) mass is 313 g/mol. The Morgan fingerprint density at radius 2 is 2.00 bits per heavy atom. The molecule has 0 aliphatic carbocycles. The smallest absolute Gasteiger partial charge is 0.214 e. The molecule has 0 spiro atoms. The minimum Gasteiger partial charge on any atom is -0.497 e. The number of rotatable bonds is 5. The summed E-state index contributed by atoms with van der Waals surface area (Å²) in [6.45, 7) is 0. The van der Waals surface area contributed by atoms with Crippen molar-refractivity contribution < 1.29 is 4.74 Å². The van der Waals surface area contributed by atoms with Gasteiger partial charge in [0.15, 0.2) is 0 Å². The van der Waals surface area contributed by atoms with Crippen LogP contribution in [0.3, 0.4) is 0 Å². The number of methoxy groups -OCH3 is 1. The third kappa shape index (κ3) is 3.20. The Morgan fingerprint density at radius 3 is 2.73 bits per heavy atom. The van der Waals surface area contributed by atoms with E-state index in [4.69, 9.17) is 10.5 Å². The highest BCUT2D eigenvalue weighted by Gasteiger charge is 2.09. The molecule has 3 aromatic rings. The zero-order chi connectivity index (χ0) is 15.4. The Kier molecular flexibility index (Phi) is 4.24. The number of aromatic nitrogens is 4. The molecule has 3 rings (SSSR count). The average Bonchev–Trinajstić information content (AvgIpc) is 3.02. The van der Waals surface area contributed by atoms with E-state index in [2.05, 4.69) is 15.5 Å². The number of tetrazole rings is 1. The molecule has 1 aromatic heterocycles. The zero-order valence-corrected chi connectivity index (χ0v) is 12.8. The lowest BCUT2D eigenvalue weighted by atomic mass is 10.2. The van der Waals surface area contributed by atoms with Crippen molar-refractivity contribution in [2.24, 2.45) is 0 Å². The van der Waals surface area contributed by atoms with Gasteiger partial charge in [-0.25, -0.2) is 0 Å². The van der Waals surface area contributed by atoms with Gasteiger partial charge < -0.3 is 10.5 Å². The highest BCUT2D eigenvalue weighted by Crippen LogP contribution is 2.24. The van der Waals surface area contributed by atoms with Gasteiger partial charge >= 0.3 is 0 Å². The molecule has 2 aromatic carbocycles. The number of anilines is 1. The SMILES string of the molecule is COc1ccc(CSc2nnnn2-c2cccc(N)c2)cc1. The third-order valence-electron chi connectivity index (χ3n) is 3.08. The first-order valence-electron chi connectivity index (χ1n) is 6.66. The van der Waals surface area contributed by atoms with E-state index in [1.165, 1.54) is 5.56 Å². The minimum atomic E-state index is 0.680. The molecule has 0 saturated carbocycles. The summed E-state index contributed by atoms with van der Waals surface area (Å²) in [5.74, 6) is 1.62. The van der Waals surface area contributed by atoms with Gasteiger partial charge in [0.2, 0.25) is 5.16 Å². The van der Waals surface area contributed by atoms with E-state index in [0.717, 1.165) is 22.3 Å². The van der Waals surface area contributed by atoms with Crippen molar-refractivity contribution in [3.63, 3.8) is 0 Å². The predicted octanol–water partition coefficient (Wildman–Crippen LogP) is 2.55. The molecule has 0 unspecified atom stereocenters. The fourth-order valence-electron chi connectivity index (χ4n) is 1.96. The number of hydrogen-bond donors (Lipinski definition) is 1. The molecule has 0 saturated heterocycles. The average molecular weight is 313 g/mol. The van der Waals surface area contributed by atoms with E-state index in [1.54, 1.807) is 23.6 Å². The molecule has 112 valence electrons. The van der Waals surface area contributed by atoms with Gasteiger partial charge in [-0.2, -0.15) is 4.68 Å². The second-order valence-corrected chi connectivity index (χ2v) is 5.55. The van der Waals surface area contributed by atoms with Crippen LogP contribution in [0.4, 0.5) is 5.69 Å². The van der Waals surface area contributed by atoms with Crippen molar-refractivity contribution in [2.75, 3.05) is 12.8 Å². The maximum Gasteiger partial charge on any atom is 0.214 e. The van der Waals surface area contributed by atoms with E-state index < -0.39 is 0 Å². The molecule has 0 fully saturated rings. The summed E-state index contributed by atoms with van der Waals surface area (Å²) in [4.78, 5) is 0. The molecule has 7 heteroatoms. The quantitative estimate of drug-likeness (QED) is 0.576. The van der Waals surface area contributed by atoms with Crippen LogP contribution in [0.2, 0.25) is 0 Å². The molecule has 6 nitrogen and oxygen atoms in total. The van der Waals surface area contributed by atoms with Gasteiger partial charge in [-0.3, -0.25) is 0 Å². The second kappa shape index (κ2) is 6.48. The van der Waals surface area contributed by atoms with Crippen LogP contribution in [0.15, 0.2) is 53.7 Å². The van der Waals surface area contributed by atoms with Crippen LogP contribution in [0.1, 0.15) is 5.56 Å². The highest BCUT2D eigenvalue weighted by molar-refractivity contribution is 7.98. The van der Waals surface area contributed by atoms with Crippen LogP contribution in [0, 0.1) is 0 Å². The summed E-state index contributed by atoms with van der Waals surface area (Å²) in [7, 11) is 1.66. The van der Waals surface area contributed by atoms with Gasteiger partial charge in [-0.05, 0) is 46.3 Å². The molecule has 0 amide bonds. The normalized spacial score (nSPS) is 10.6. The fraction of sp³-hybridized carbons (Fsp3) is 0.133. The van der Waals surface area contributed by atoms with Gasteiger partial charge in [0.1, 0.15) is 5.75 Å². The van der Waals surface area contributed by atoms with Crippen LogP contribution < -0.4 is 10.5 Å². The zero-order valence-electron chi connectivity index (χ0n) is 12.0. The number of nitrogens with two attached hydrogens (primary N) is 1. The summed E-state index contributed by atoms with van der Waals surface area (Å²) >= 11 is 1.57. The van der Waals surface area contributed by atoms with E-state index in [0.29, 0.717) is 5.69 Å². The van der Waals surface area contributed by atoms with Crippen molar-refractivity contribution >= 4 is 17.4 Å². The van der Waals surface area contributed by atoms with Gasteiger partial charge in [0, 0.05) is 11.4 Å². The third-order valence-corrected chi connectivity index (χ3v) is 4.07. The number of nitrogen functional groups attached to an aromatic ring is 1. The molecule has 2 N–H and O–H groups in total. The lowest BCUT2D eigenvalue weighted by Gasteiger charge is -2.05. The van der Waals surface area contributed by atoms with E-state index >= 15 is 0 Å². The lowest BCUT2D eigenvalue weighted by Crippen LogP contribution is -2.00. The molecule has 0 aliphatic rings. The molecular weight excluding hydrogens is 298 g/mol. The van der Waals surface area contributed by atoms with Crippen LogP contribution in [-0.2, 0) is 5.75 Å². The molecule has 22 heavy (non-hydrogen) atoms. The van der Waals surface area contributed by atoms with Crippen LogP contribution >= 0.6 is 11.8 Å². The number of ether oxygens (including phenoxy) is 1. The van der Waals surface area contributed by atoms with Crippen LogP contribution in [0.5, 0.6) is 5.75 Å². The Morgan fingerprint density at radius 1 is 1.18 bits per heavy atom. The topological polar surface area (TPSA) is 78.9 Å². The van der Waals surface area contributed by atoms with E-state index in [9.17, 15) is 0 Å².